The fourth-order valence-corrected chi connectivity index (χ4v) is 6.24. The molecular weight excluding hydrogens is 441 g/mol. The number of rotatable bonds is 8. The van der Waals surface area contributed by atoms with Gasteiger partial charge in [0, 0.05) is 25.2 Å². The minimum Gasteiger partial charge on any atom is -0.395 e. The Kier molecular flexibility index (Phi) is 6.56. The maximum atomic E-state index is 13.5. The molecule has 2 fully saturated rings. The SMILES string of the molecule is C/C=N\N(C1=CC[C@]23CC(C(=O)N(CCO)Cc4ccccc4)[C@H]2CCC3=C1)c1ccc(F)cc1. The first-order chi connectivity index (χ1) is 17.1. The highest BCUT2D eigenvalue weighted by Crippen LogP contribution is 2.67. The van der Waals surface area contributed by atoms with Gasteiger partial charge in [0.05, 0.1) is 18.0 Å². The van der Waals surface area contributed by atoms with Crippen LogP contribution in [0.25, 0.3) is 0 Å². The Balaban J connectivity index is 1.32. The van der Waals surface area contributed by atoms with Crippen molar-refractivity contribution in [2.24, 2.45) is 22.4 Å². The number of anilines is 1. The number of benzene rings is 2. The van der Waals surface area contributed by atoms with Crippen molar-refractivity contribution in [2.75, 3.05) is 18.2 Å². The van der Waals surface area contributed by atoms with Crippen molar-refractivity contribution >= 4 is 17.8 Å². The molecule has 3 aliphatic carbocycles. The Labute approximate surface area is 206 Å². The molecule has 1 unspecified atom stereocenters. The molecule has 3 aliphatic rings. The number of hydrogen-bond donors (Lipinski definition) is 1. The van der Waals surface area contributed by atoms with Crippen LogP contribution in [-0.2, 0) is 11.3 Å². The number of aliphatic hydroxyl groups is 1. The lowest BCUT2D eigenvalue weighted by molar-refractivity contribution is -0.149. The number of hydrazone groups is 1. The van der Waals surface area contributed by atoms with E-state index in [0.717, 1.165) is 42.6 Å². The van der Waals surface area contributed by atoms with E-state index < -0.39 is 0 Å². The first-order valence-corrected chi connectivity index (χ1v) is 12.4. The molecule has 0 radical (unpaired) electrons. The average molecular weight is 474 g/mol. The molecule has 2 saturated carbocycles. The first-order valence-electron chi connectivity index (χ1n) is 12.4. The van der Waals surface area contributed by atoms with Crippen LogP contribution >= 0.6 is 0 Å². The monoisotopic (exact) mass is 473 g/mol. The van der Waals surface area contributed by atoms with Gasteiger partial charge in [-0.2, -0.15) is 5.10 Å². The standard InChI is InChI=1S/C29H32FN3O2/c1-2-31-33(24-11-9-23(30)10-12-24)25-14-15-29-19-26(27(29)13-8-22(29)18-25)28(35)32(16-17-34)20-21-6-4-3-5-7-21/h2-7,9-12,14,18,26-27,34H,8,13,15-17,19-20H2,1H3/b31-2-/t26?,27-,29-/m1/s1. The summed E-state index contributed by atoms with van der Waals surface area (Å²) >= 11 is 0. The number of nitrogens with zero attached hydrogens (tertiary/aromatic N) is 3. The van der Waals surface area contributed by atoms with E-state index in [1.807, 2.05) is 47.2 Å². The topological polar surface area (TPSA) is 56.1 Å². The van der Waals surface area contributed by atoms with Gasteiger partial charge in [-0.3, -0.25) is 4.79 Å². The summed E-state index contributed by atoms with van der Waals surface area (Å²) in [6.45, 7) is 2.73. The van der Waals surface area contributed by atoms with Crippen LogP contribution in [0.5, 0.6) is 0 Å². The average Bonchev–Trinajstić information content (AvgIpc) is 3.15. The van der Waals surface area contributed by atoms with Gasteiger partial charge in [0.2, 0.25) is 5.91 Å². The van der Waals surface area contributed by atoms with Gasteiger partial charge in [-0.1, -0.05) is 42.0 Å². The van der Waals surface area contributed by atoms with Crippen LogP contribution in [0.2, 0.25) is 0 Å². The second-order valence-electron chi connectivity index (χ2n) is 9.75. The Bertz CT molecular complexity index is 1160. The summed E-state index contributed by atoms with van der Waals surface area (Å²) < 4.78 is 13.5. The number of carbonyl (C=O) groups excluding carboxylic acids is 1. The third-order valence-electron chi connectivity index (χ3n) is 7.90. The number of amides is 1. The van der Waals surface area contributed by atoms with Crippen molar-refractivity contribution in [1.29, 1.82) is 0 Å². The lowest BCUT2D eigenvalue weighted by atomic mass is 9.51. The van der Waals surface area contributed by atoms with E-state index in [1.54, 1.807) is 18.3 Å². The van der Waals surface area contributed by atoms with Gasteiger partial charge in [-0.05, 0) is 79.8 Å². The van der Waals surface area contributed by atoms with E-state index in [4.69, 9.17) is 0 Å². The van der Waals surface area contributed by atoms with Crippen LogP contribution in [0.4, 0.5) is 10.1 Å². The van der Waals surface area contributed by atoms with Crippen molar-refractivity contribution < 1.29 is 14.3 Å². The number of carbonyl (C=O) groups is 1. The minimum atomic E-state index is -0.268. The maximum absolute atomic E-state index is 13.5. The Morgan fingerprint density at radius 1 is 1.20 bits per heavy atom. The molecule has 0 aliphatic heterocycles. The summed E-state index contributed by atoms with van der Waals surface area (Å²) in [6, 6.07) is 16.4. The predicted molar refractivity (Wildman–Crippen MR) is 136 cm³/mol. The quantitative estimate of drug-likeness (QED) is 0.419. The van der Waals surface area contributed by atoms with Gasteiger partial charge < -0.3 is 10.0 Å². The zero-order chi connectivity index (χ0) is 24.4. The van der Waals surface area contributed by atoms with Crippen molar-refractivity contribution in [2.45, 2.75) is 39.2 Å². The second kappa shape index (κ2) is 9.78. The van der Waals surface area contributed by atoms with E-state index in [9.17, 15) is 14.3 Å². The molecule has 2 aromatic carbocycles. The van der Waals surface area contributed by atoms with Gasteiger partial charge in [-0.15, -0.1) is 0 Å². The lowest BCUT2D eigenvalue weighted by Gasteiger charge is -2.53. The molecule has 1 N–H and O–H groups in total. The van der Waals surface area contributed by atoms with Crippen LogP contribution < -0.4 is 5.01 Å². The smallest absolute Gasteiger partial charge is 0.226 e. The zero-order valence-electron chi connectivity index (χ0n) is 20.1. The number of aliphatic hydroxyl groups excluding tert-OH is 1. The highest BCUT2D eigenvalue weighted by molar-refractivity contribution is 5.81. The molecule has 182 valence electrons. The van der Waals surface area contributed by atoms with Gasteiger partial charge in [0.15, 0.2) is 0 Å². The molecule has 5 rings (SSSR count). The third-order valence-corrected chi connectivity index (χ3v) is 7.90. The Morgan fingerprint density at radius 2 is 1.97 bits per heavy atom. The number of halogens is 1. The lowest BCUT2D eigenvalue weighted by Crippen LogP contribution is -2.53. The molecule has 0 aromatic heterocycles. The summed E-state index contributed by atoms with van der Waals surface area (Å²) in [4.78, 5) is 15.4. The van der Waals surface area contributed by atoms with Crippen molar-refractivity contribution in [3.05, 3.63) is 89.4 Å². The molecule has 5 nitrogen and oxygen atoms in total. The van der Waals surface area contributed by atoms with Crippen LogP contribution in [0.1, 0.15) is 38.2 Å². The summed E-state index contributed by atoms with van der Waals surface area (Å²) in [7, 11) is 0. The van der Waals surface area contributed by atoms with E-state index in [2.05, 4.69) is 17.3 Å². The third kappa shape index (κ3) is 4.31. The predicted octanol–water partition coefficient (Wildman–Crippen LogP) is 5.29. The molecule has 3 atom stereocenters. The molecule has 6 heteroatoms. The number of hydrogen-bond acceptors (Lipinski definition) is 4. The fourth-order valence-electron chi connectivity index (χ4n) is 6.24. The zero-order valence-corrected chi connectivity index (χ0v) is 20.1. The first kappa shape index (κ1) is 23.5. The van der Waals surface area contributed by atoms with Gasteiger partial charge >= 0.3 is 0 Å². The van der Waals surface area contributed by atoms with E-state index >= 15 is 0 Å². The van der Waals surface area contributed by atoms with Crippen molar-refractivity contribution in [3.8, 4) is 0 Å². The highest BCUT2D eigenvalue weighted by Gasteiger charge is 2.61. The van der Waals surface area contributed by atoms with E-state index in [0.29, 0.717) is 19.0 Å². The van der Waals surface area contributed by atoms with E-state index in [1.165, 1.54) is 17.7 Å². The van der Waals surface area contributed by atoms with Crippen LogP contribution in [0, 0.1) is 23.1 Å². The minimum absolute atomic E-state index is 0.00739. The summed E-state index contributed by atoms with van der Waals surface area (Å²) in [5.74, 6) is 0.242. The second-order valence-corrected chi connectivity index (χ2v) is 9.75. The number of allylic oxidation sites excluding steroid dienone is 3. The molecule has 2 aromatic rings. The van der Waals surface area contributed by atoms with Gasteiger partial charge in [-0.25, -0.2) is 9.40 Å². The molecule has 1 spiro atoms. The molecule has 1 amide bonds. The molecule has 0 heterocycles. The maximum Gasteiger partial charge on any atom is 0.226 e. The van der Waals surface area contributed by atoms with Crippen LogP contribution in [0.15, 0.2) is 83.1 Å². The Morgan fingerprint density at radius 3 is 2.69 bits per heavy atom. The molecular formula is C29H32FN3O2. The largest absolute Gasteiger partial charge is 0.395 e. The van der Waals surface area contributed by atoms with Gasteiger partial charge in [0.1, 0.15) is 5.82 Å². The molecule has 35 heavy (non-hydrogen) atoms. The van der Waals surface area contributed by atoms with Crippen LogP contribution in [-0.4, -0.2) is 35.3 Å². The molecule has 0 bridgehead atoms. The summed E-state index contributed by atoms with van der Waals surface area (Å²) in [5.41, 5.74) is 4.36. The summed E-state index contributed by atoms with van der Waals surface area (Å²) in [6.07, 6.45) is 9.93. The Hall–Kier alpha value is -3.25. The van der Waals surface area contributed by atoms with Crippen molar-refractivity contribution in [1.82, 2.24) is 4.90 Å². The normalized spacial score (nSPS) is 24.8. The fraction of sp³-hybridized carbons (Fsp3) is 0.379. The van der Waals surface area contributed by atoms with Gasteiger partial charge in [0.25, 0.3) is 0 Å². The van der Waals surface area contributed by atoms with E-state index in [-0.39, 0.29) is 29.7 Å². The van der Waals surface area contributed by atoms with Crippen molar-refractivity contribution in [3.63, 3.8) is 0 Å². The summed E-state index contributed by atoms with van der Waals surface area (Å²) in [5, 5.41) is 16.0. The highest BCUT2D eigenvalue weighted by atomic mass is 19.1. The van der Waals surface area contributed by atoms with Crippen LogP contribution in [0.3, 0.4) is 0 Å². The molecule has 0 saturated heterocycles.